The minimum Gasteiger partial charge on any atom is -0.341 e. The van der Waals surface area contributed by atoms with Gasteiger partial charge in [-0.2, -0.15) is 0 Å². The topological polar surface area (TPSA) is 55.2 Å². The van der Waals surface area contributed by atoms with Gasteiger partial charge in [0.25, 0.3) is 5.56 Å². The molecule has 1 saturated heterocycles. The van der Waals surface area contributed by atoms with E-state index in [0.717, 1.165) is 42.3 Å². The van der Waals surface area contributed by atoms with Gasteiger partial charge >= 0.3 is 0 Å². The van der Waals surface area contributed by atoms with Gasteiger partial charge in [-0.05, 0) is 48.2 Å². The van der Waals surface area contributed by atoms with Crippen LogP contribution in [0.25, 0.3) is 21.7 Å². The lowest BCUT2D eigenvalue weighted by Gasteiger charge is -2.24. The van der Waals surface area contributed by atoms with Crippen molar-refractivity contribution in [1.29, 1.82) is 0 Å². The lowest BCUT2D eigenvalue weighted by molar-refractivity contribution is -0.129. The lowest BCUT2D eigenvalue weighted by Crippen LogP contribution is -2.32. The monoisotopic (exact) mass is 443 g/mol. The quantitative estimate of drug-likeness (QED) is 0.247. The standard InChI is InChI=1S/C26H25N3O2S/c1-2-29-24(30)21-16-19-12-6-7-13-20(19)17-22(21)27-26(29)32-23(18-10-4-3-5-11-18)25(31)28-14-8-9-15-28/h3-7,10-13,16-17,23H,2,8-9,14-15H2,1H3. The molecule has 162 valence electrons. The van der Waals surface area contributed by atoms with Crippen molar-refractivity contribution in [3.63, 3.8) is 0 Å². The van der Waals surface area contributed by atoms with Crippen molar-refractivity contribution in [1.82, 2.24) is 14.5 Å². The number of aromatic nitrogens is 2. The summed E-state index contributed by atoms with van der Waals surface area (Å²) in [5.74, 6) is 0.0919. The highest BCUT2D eigenvalue weighted by Crippen LogP contribution is 2.37. The van der Waals surface area contributed by atoms with Gasteiger partial charge in [0.15, 0.2) is 5.16 Å². The summed E-state index contributed by atoms with van der Waals surface area (Å²) in [7, 11) is 0. The summed E-state index contributed by atoms with van der Waals surface area (Å²) in [6.07, 6.45) is 2.08. The number of hydrogen-bond donors (Lipinski definition) is 0. The molecule has 3 aromatic carbocycles. The molecule has 1 aliphatic rings. The fraction of sp³-hybridized carbons (Fsp3) is 0.269. The molecule has 1 amide bonds. The van der Waals surface area contributed by atoms with Gasteiger partial charge < -0.3 is 4.90 Å². The molecule has 0 spiro atoms. The molecule has 32 heavy (non-hydrogen) atoms. The number of carbonyl (C=O) groups is 1. The first-order valence-electron chi connectivity index (χ1n) is 11.1. The van der Waals surface area contributed by atoms with E-state index in [4.69, 9.17) is 4.98 Å². The Morgan fingerprint density at radius 2 is 1.66 bits per heavy atom. The molecule has 1 fully saturated rings. The Morgan fingerprint density at radius 3 is 2.34 bits per heavy atom. The maximum atomic E-state index is 13.5. The zero-order valence-corrected chi connectivity index (χ0v) is 18.8. The summed E-state index contributed by atoms with van der Waals surface area (Å²) in [5, 5.41) is 2.83. The van der Waals surface area contributed by atoms with E-state index >= 15 is 0 Å². The minimum absolute atomic E-state index is 0.0637. The normalized spacial score (nSPS) is 14.8. The fourth-order valence-corrected chi connectivity index (χ4v) is 5.60. The summed E-state index contributed by atoms with van der Waals surface area (Å²) in [5.41, 5.74) is 1.54. The van der Waals surface area contributed by atoms with Gasteiger partial charge in [0, 0.05) is 19.6 Å². The van der Waals surface area contributed by atoms with E-state index in [9.17, 15) is 9.59 Å². The number of carbonyl (C=O) groups excluding carboxylic acids is 1. The molecule has 0 aliphatic carbocycles. The van der Waals surface area contributed by atoms with Crippen LogP contribution < -0.4 is 5.56 Å². The predicted molar refractivity (Wildman–Crippen MR) is 130 cm³/mol. The molecular formula is C26H25N3O2S. The zero-order valence-electron chi connectivity index (χ0n) is 18.0. The Morgan fingerprint density at radius 1 is 1.00 bits per heavy atom. The van der Waals surface area contributed by atoms with Gasteiger partial charge in [0.2, 0.25) is 5.91 Å². The number of rotatable bonds is 5. The Kier molecular flexibility index (Phi) is 5.70. The third-order valence-corrected chi connectivity index (χ3v) is 7.30. The molecule has 4 aromatic rings. The van der Waals surface area contributed by atoms with Gasteiger partial charge in [-0.15, -0.1) is 0 Å². The van der Waals surface area contributed by atoms with Crippen molar-refractivity contribution in [3.05, 3.63) is 82.6 Å². The molecule has 1 unspecified atom stereocenters. The van der Waals surface area contributed by atoms with Gasteiger partial charge in [-0.1, -0.05) is 66.4 Å². The SMILES string of the molecule is CCn1c(SC(C(=O)N2CCCC2)c2ccccc2)nc2cc3ccccc3cc2c1=O. The summed E-state index contributed by atoms with van der Waals surface area (Å²) in [6.45, 7) is 4.02. The summed E-state index contributed by atoms with van der Waals surface area (Å²) < 4.78 is 1.69. The number of benzene rings is 3. The molecule has 6 heteroatoms. The van der Waals surface area contributed by atoms with Gasteiger partial charge in [0.05, 0.1) is 10.9 Å². The van der Waals surface area contributed by atoms with Crippen molar-refractivity contribution >= 4 is 39.3 Å². The molecule has 0 bridgehead atoms. The van der Waals surface area contributed by atoms with E-state index in [-0.39, 0.29) is 11.5 Å². The zero-order chi connectivity index (χ0) is 22.1. The van der Waals surface area contributed by atoms with E-state index in [1.54, 1.807) is 4.57 Å². The molecule has 1 aliphatic heterocycles. The summed E-state index contributed by atoms with van der Waals surface area (Å²) in [6, 6.07) is 21.7. The molecule has 0 N–H and O–H groups in total. The maximum absolute atomic E-state index is 13.5. The van der Waals surface area contributed by atoms with E-state index in [2.05, 4.69) is 0 Å². The van der Waals surface area contributed by atoms with Crippen LogP contribution in [0.1, 0.15) is 30.6 Å². The number of fused-ring (bicyclic) bond motifs is 2. The third-order valence-electron chi connectivity index (χ3n) is 6.07. The first kappa shape index (κ1) is 20.8. The molecule has 5 nitrogen and oxygen atoms in total. The lowest BCUT2D eigenvalue weighted by atomic mass is 10.1. The highest BCUT2D eigenvalue weighted by molar-refractivity contribution is 8.00. The van der Waals surface area contributed by atoms with Crippen LogP contribution in [-0.2, 0) is 11.3 Å². The first-order valence-corrected chi connectivity index (χ1v) is 12.0. The van der Waals surface area contributed by atoms with Crippen LogP contribution in [0.4, 0.5) is 0 Å². The molecule has 0 saturated carbocycles. The van der Waals surface area contributed by atoms with Crippen LogP contribution in [0.15, 0.2) is 76.7 Å². The van der Waals surface area contributed by atoms with Crippen molar-refractivity contribution in [2.24, 2.45) is 0 Å². The molecule has 1 atom stereocenters. The number of likely N-dealkylation sites (tertiary alicyclic amines) is 1. The van der Waals surface area contributed by atoms with Crippen molar-refractivity contribution in [2.45, 2.75) is 36.7 Å². The summed E-state index contributed by atoms with van der Waals surface area (Å²) >= 11 is 1.38. The Balaban J connectivity index is 1.63. The van der Waals surface area contributed by atoms with Crippen LogP contribution in [-0.4, -0.2) is 33.4 Å². The maximum Gasteiger partial charge on any atom is 0.262 e. The average Bonchev–Trinajstić information content (AvgIpc) is 3.37. The highest BCUT2D eigenvalue weighted by Gasteiger charge is 2.30. The van der Waals surface area contributed by atoms with E-state index < -0.39 is 5.25 Å². The van der Waals surface area contributed by atoms with Crippen LogP contribution in [0.3, 0.4) is 0 Å². The second-order valence-electron chi connectivity index (χ2n) is 8.10. The largest absolute Gasteiger partial charge is 0.341 e. The van der Waals surface area contributed by atoms with Crippen molar-refractivity contribution in [3.8, 4) is 0 Å². The van der Waals surface area contributed by atoms with E-state index in [1.807, 2.05) is 78.6 Å². The molecule has 2 heterocycles. The van der Waals surface area contributed by atoms with Crippen molar-refractivity contribution < 1.29 is 4.79 Å². The van der Waals surface area contributed by atoms with Gasteiger partial charge in [0.1, 0.15) is 5.25 Å². The Hall–Kier alpha value is -3.12. The number of hydrogen-bond acceptors (Lipinski definition) is 4. The van der Waals surface area contributed by atoms with Crippen molar-refractivity contribution in [2.75, 3.05) is 13.1 Å². The van der Waals surface area contributed by atoms with E-state index in [0.29, 0.717) is 22.6 Å². The predicted octanol–water partition coefficient (Wildman–Crippen LogP) is 5.03. The Labute approximate surface area is 191 Å². The molecule has 0 radical (unpaired) electrons. The number of amides is 1. The van der Waals surface area contributed by atoms with Crippen LogP contribution >= 0.6 is 11.8 Å². The molecular weight excluding hydrogens is 418 g/mol. The Bertz CT molecular complexity index is 1340. The second kappa shape index (κ2) is 8.79. The van der Waals surface area contributed by atoms with Crippen LogP contribution in [0.5, 0.6) is 0 Å². The van der Waals surface area contributed by atoms with E-state index in [1.165, 1.54) is 11.8 Å². The molecule has 1 aromatic heterocycles. The minimum atomic E-state index is -0.433. The van der Waals surface area contributed by atoms with Crippen LogP contribution in [0, 0.1) is 0 Å². The summed E-state index contributed by atoms with van der Waals surface area (Å²) in [4.78, 5) is 33.7. The fourth-order valence-electron chi connectivity index (χ4n) is 4.35. The smallest absolute Gasteiger partial charge is 0.262 e. The number of thioether (sulfide) groups is 1. The number of nitrogens with zero attached hydrogens (tertiary/aromatic N) is 3. The third kappa shape index (κ3) is 3.79. The van der Waals surface area contributed by atoms with Gasteiger partial charge in [-0.25, -0.2) is 4.98 Å². The van der Waals surface area contributed by atoms with Gasteiger partial charge in [-0.3, -0.25) is 14.2 Å². The van der Waals surface area contributed by atoms with Crippen LogP contribution in [0.2, 0.25) is 0 Å². The first-order chi connectivity index (χ1) is 15.7. The molecule has 5 rings (SSSR count). The second-order valence-corrected chi connectivity index (χ2v) is 9.17. The average molecular weight is 444 g/mol. The highest BCUT2D eigenvalue weighted by atomic mass is 32.2.